The third kappa shape index (κ3) is 4.40. The number of nitrogens with zero attached hydrogens (tertiary/aromatic N) is 1. The molecule has 0 aliphatic rings. The Hall–Kier alpha value is -2.92. The van der Waals surface area contributed by atoms with Crippen LogP contribution in [0.2, 0.25) is 0 Å². The summed E-state index contributed by atoms with van der Waals surface area (Å²) in [4.78, 5) is 15.0. The summed E-state index contributed by atoms with van der Waals surface area (Å²) < 4.78 is 114. The molecule has 1 aromatic heterocycles. The van der Waals surface area contributed by atoms with Crippen molar-refractivity contribution in [2.45, 2.75) is 24.9 Å². The second-order valence-corrected chi connectivity index (χ2v) is 5.50. The van der Waals surface area contributed by atoms with Crippen LogP contribution in [-0.4, -0.2) is 29.7 Å². The molecule has 0 fully saturated rings. The molecule has 1 heterocycles. The summed E-state index contributed by atoms with van der Waals surface area (Å²) in [6.45, 7) is 1.56. The van der Waals surface area contributed by atoms with E-state index in [-0.39, 0.29) is 30.1 Å². The molecule has 0 aliphatic carbocycles. The molecule has 2 rings (SSSR count). The molecule has 0 saturated carbocycles. The predicted octanol–water partition coefficient (Wildman–Crippen LogP) is 5.48. The first-order valence-electron chi connectivity index (χ1n) is 7.74. The standard InChI is InChI=1S/C17H11F8NO3/c1-2-28-14(27)9-7-12(18)13(26-8-9)29-11-5-3-10(4-6-11)15(19,20)16(21,22)17(23,24)25/h3-8H,2H2,1H3. The fraction of sp³-hybridized carbons (Fsp3) is 0.294. The van der Waals surface area contributed by atoms with E-state index in [1.165, 1.54) is 6.92 Å². The van der Waals surface area contributed by atoms with Crippen molar-refractivity contribution in [1.29, 1.82) is 0 Å². The van der Waals surface area contributed by atoms with Gasteiger partial charge in [-0.25, -0.2) is 14.2 Å². The van der Waals surface area contributed by atoms with Crippen LogP contribution < -0.4 is 4.74 Å². The van der Waals surface area contributed by atoms with Crippen molar-refractivity contribution in [3.05, 3.63) is 53.5 Å². The van der Waals surface area contributed by atoms with Crippen LogP contribution in [0.4, 0.5) is 35.1 Å². The Kier molecular flexibility index (Phi) is 6.04. The Labute approximate surface area is 158 Å². The van der Waals surface area contributed by atoms with Gasteiger partial charge < -0.3 is 9.47 Å². The zero-order chi connectivity index (χ0) is 22.0. The molecule has 29 heavy (non-hydrogen) atoms. The molecule has 0 aliphatic heterocycles. The highest BCUT2D eigenvalue weighted by Crippen LogP contribution is 2.51. The van der Waals surface area contributed by atoms with Crippen LogP contribution in [0.15, 0.2) is 36.5 Å². The molecule has 158 valence electrons. The summed E-state index contributed by atoms with van der Waals surface area (Å²) in [6.07, 6.45) is -5.57. The molecule has 0 bridgehead atoms. The van der Waals surface area contributed by atoms with Crippen LogP contribution in [0.1, 0.15) is 22.8 Å². The lowest BCUT2D eigenvalue weighted by Crippen LogP contribution is -2.49. The van der Waals surface area contributed by atoms with E-state index in [0.717, 1.165) is 12.3 Å². The highest BCUT2D eigenvalue weighted by molar-refractivity contribution is 5.89. The van der Waals surface area contributed by atoms with Gasteiger partial charge in [-0.1, -0.05) is 0 Å². The normalized spacial score (nSPS) is 12.6. The van der Waals surface area contributed by atoms with Crippen LogP contribution in [0, 0.1) is 5.82 Å². The van der Waals surface area contributed by atoms with Gasteiger partial charge in [0.15, 0.2) is 5.82 Å². The average Bonchev–Trinajstić information content (AvgIpc) is 2.63. The molecule has 12 heteroatoms. The van der Waals surface area contributed by atoms with Crippen molar-refractivity contribution in [1.82, 2.24) is 4.98 Å². The molecule has 4 nitrogen and oxygen atoms in total. The average molecular weight is 429 g/mol. The van der Waals surface area contributed by atoms with Gasteiger partial charge in [0.2, 0.25) is 0 Å². The number of esters is 1. The zero-order valence-corrected chi connectivity index (χ0v) is 14.4. The highest BCUT2D eigenvalue weighted by Gasteiger charge is 2.73. The minimum Gasteiger partial charge on any atom is -0.462 e. The fourth-order valence-corrected chi connectivity index (χ4v) is 2.03. The SMILES string of the molecule is CCOC(=O)c1cnc(Oc2ccc(C(F)(F)C(F)(F)C(F)(F)F)cc2)c(F)c1. The molecule has 0 unspecified atom stereocenters. The van der Waals surface area contributed by atoms with Crippen molar-refractivity contribution in [2.24, 2.45) is 0 Å². The summed E-state index contributed by atoms with van der Waals surface area (Å²) in [5, 5.41) is 0. The molecule has 0 amide bonds. The van der Waals surface area contributed by atoms with Crippen molar-refractivity contribution in [3.8, 4) is 11.6 Å². The van der Waals surface area contributed by atoms with Crippen molar-refractivity contribution in [3.63, 3.8) is 0 Å². The molecule has 0 atom stereocenters. The quantitative estimate of drug-likeness (QED) is 0.451. The van der Waals surface area contributed by atoms with E-state index in [9.17, 15) is 39.9 Å². The summed E-state index contributed by atoms with van der Waals surface area (Å²) >= 11 is 0. The summed E-state index contributed by atoms with van der Waals surface area (Å²) in [7, 11) is 0. The van der Waals surface area contributed by atoms with E-state index < -0.39 is 41.3 Å². The highest BCUT2D eigenvalue weighted by atomic mass is 19.4. The van der Waals surface area contributed by atoms with E-state index in [1.807, 2.05) is 0 Å². The predicted molar refractivity (Wildman–Crippen MR) is 81.6 cm³/mol. The number of ether oxygens (including phenoxy) is 2. The number of rotatable bonds is 6. The monoisotopic (exact) mass is 429 g/mol. The molecule has 2 aromatic rings. The van der Waals surface area contributed by atoms with Gasteiger partial charge in [-0.3, -0.25) is 0 Å². The van der Waals surface area contributed by atoms with Gasteiger partial charge >= 0.3 is 24.0 Å². The number of aromatic nitrogens is 1. The summed E-state index contributed by atoms with van der Waals surface area (Å²) in [6, 6.07) is 2.55. The van der Waals surface area contributed by atoms with Gasteiger partial charge in [0.05, 0.1) is 12.2 Å². The van der Waals surface area contributed by atoms with Crippen molar-refractivity contribution >= 4 is 5.97 Å². The fourth-order valence-electron chi connectivity index (χ4n) is 2.03. The van der Waals surface area contributed by atoms with Crippen LogP contribution >= 0.6 is 0 Å². The number of carbonyl (C=O) groups is 1. The first-order valence-corrected chi connectivity index (χ1v) is 7.74. The second kappa shape index (κ2) is 7.84. The number of hydrogen-bond acceptors (Lipinski definition) is 4. The molecule has 0 radical (unpaired) electrons. The van der Waals surface area contributed by atoms with Gasteiger partial charge in [-0.2, -0.15) is 30.7 Å². The van der Waals surface area contributed by atoms with E-state index in [4.69, 9.17) is 4.74 Å². The van der Waals surface area contributed by atoms with Gasteiger partial charge in [-0.05, 0) is 37.3 Å². The summed E-state index contributed by atoms with van der Waals surface area (Å²) in [5.74, 6) is -14.9. The van der Waals surface area contributed by atoms with Crippen LogP contribution in [0.5, 0.6) is 11.6 Å². The molecular weight excluding hydrogens is 418 g/mol. The van der Waals surface area contributed by atoms with Crippen LogP contribution in [0.3, 0.4) is 0 Å². The maximum atomic E-state index is 14.0. The smallest absolute Gasteiger partial charge is 0.460 e. The largest absolute Gasteiger partial charge is 0.462 e. The first kappa shape index (κ1) is 22.4. The molecule has 1 aromatic carbocycles. The Balaban J connectivity index is 2.22. The van der Waals surface area contributed by atoms with Crippen LogP contribution in [0.25, 0.3) is 0 Å². The number of halogens is 8. The number of alkyl halides is 7. The Morgan fingerprint density at radius 1 is 1.03 bits per heavy atom. The topological polar surface area (TPSA) is 48.4 Å². The first-order chi connectivity index (χ1) is 13.3. The molecular formula is C17H11F8NO3. The van der Waals surface area contributed by atoms with Crippen molar-refractivity contribution in [2.75, 3.05) is 6.61 Å². The minimum absolute atomic E-state index is 0.0308. The number of carbonyl (C=O) groups excluding carboxylic acids is 1. The van der Waals surface area contributed by atoms with Crippen LogP contribution in [-0.2, 0) is 10.7 Å². The Morgan fingerprint density at radius 3 is 2.10 bits per heavy atom. The number of hydrogen-bond donors (Lipinski definition) is 0. The number of pyridine rings is 1. The van der Waals surface area contributed by atoms with Crippen molar-refractivity contribution < 1.29 is 49.4 Å². The third-order valence-electron chi connectivity index (χ3n) is 3.50. The maximum Gasteiger partial charge on any atom is 0.460 e. The van der Waals surface area contributed by atoms with Gasteiger partial charge in [0.25, 0.3) is 5.88 Å². The maximum absolute atomic E-state index is 14.0. The minimum atomic E-state index is -6.47. The van der Waals surface area contributed by atoms with E-state index >= 15 is 0 Å². The van der Waals surface area contributed by atoms with E-state index in [0.29, 0.717) is 12.1 Å². The number of benzene rings is 1. The lowest BCUT2D eigenvalue weighted by atomic mass is 10.0. The van der Waals surface area contributed by atoms with Gasteiger partial charge in [0.1, 0.15) is 5.75 Å². The summed E-state index contributed by atoms with van der Waals surface area (Å²) in [5.41, 5.74) is -1.86. The third-order valence-corrected chi connectivity index (χ3v) is 3.50. The zero-order valence-electron chi connectivity index (χ0n) is 14.4. The molecule has 0 saturated heterocycles. The van der Waals surface area contributed by atoms with E-state index in [1.54, 1.807) is 0 Å². The van der Waals surface area contributed by atoms with Gasteiger partial charge in [0, 0.05) is 11.8 Å². The van der Waals surface area contributed by atoms with Gasteiger partial charge in [-0.15, -0.1) is 0 Å². The second-order valence-electron chi connectivity index (χ2n) is 5.50. The molecule has 0 spiro atoms. The lowest BCUT2D eigenvalue weighted by molar-refractivity contribution is -0.359. The Bertz CT molecular complexity index is 881. The van der Waals surface area contributed by atoms with E-state index in [2.05, 4.69) is 9.72 Å². The Morgan fingerprint density at radius 2 is 1.62 bits per heavy atom. The molecule has 0 N–H and O–H groups in total. The lowest BCUT2D eigenvalue weighted by Gasteiger charge is -2.28.